The van der Waals surface area contributed by atoms with Crippen LogP contribution < -0.4 is 5.32 Å². The van der Waals surface area contributed by atoms with Gasteiger partial charge in [0.1, 0.15) is 6.04 Å². The summed E-state index contributed by atoms with van der Waals surface area (Å²) in [5.74, 6) is -1.29. The molecule has 1 aromatic heterocycles. The molecule has 0 aromatic carbocycles. The third-order valence-corrected chi connectivity index (χ3v) is 3.90. The zero-order valence-electron chi connectivity index (χ0n) is 9.87. The van der Waals surface area contributed by atoms with Gasteiger partial charge in [-0.05, 0) is 18.4 Å². The van der Waals surface area contributed by atoms with Gasteiger partial charge in [-0.3, -0.25) is 14.9 Å². The Bertz CT molecular complexity index is 523. The van der Waals surface area contributed by atoms with Crippen LogP contribution in [0.15, 0.2) is 12.1 Å². The van der Waals surface area contributed by atoms with E-state index in [-0.39, 0.29) is 9.88 Å². The standard InChI is InChI=1S/C11H12N2O5S/c14-10(8-3-4-9(19-8)13(17)18)12-7(11(15)16)5-6-1-2-6/h3-4,6-7H,1-2,5H2,(H,12,14)(H,15,16). The molecule has 1 heterocycles. The summed E-state index contributed by atoms with van der Waals surface area (Å²) in [5.41, 5.74) is 0. The molecule has 1 aromatic rings. The first kappa shape index (κ1) is 13.5. The molecule has 1 atom stereocenters. The monoisotopic (exact) mass is 284 g/mol. The molecule has 0 bridgehead atoms. The van der Waals surface area contributed by atoms with Crippen molar-refractivity contribution in [2.24, 2.45) is 5.92 Å². The number of nitrogens with zero attached hydrogens (tertiary/aromatic N) is 1. The normalized spacial score (nSPS) is 15.8. The molecule has 1 aliphatic rings. The minimum Gasteiger partial charge on any atom is -0.480 e. The van der Waals surface area contributed by atoms with Crippen molar-refractivity contribution in [1.29, 1.82) is 0 Å². The van der Waals surface area contributed by atoms with Crippen LogP contribution in [-0.4, -0.2) is 27.9 Å². The van der Waals surface area contributed by atoms with E-state index < -0.39 is 22.8 Å². The highest BCUT2D eigenvalue weighted by molar-refractivity contribution is 7.17. The lowest BCUT2D eigenvalue weighted by atomic mass is 10.1. The van der Waals surface area contributed by atoms with Crippen LogP contribution >= 0.6 is 11.3 Å². The van der Waals surface area contributed by atoms with E-state index in [4.69, 9.17) is 5.11 Å². The Morgan fingerprint density at radius 3 is 2.68 bits per heavy atom. The van der Waals surface area contributed by atoms with Crippen molar-refractivity contribution >= 4 is 28.2 Å². The number of thiophene rings is 1. The maximum atomic E-state index is 11.8. The number of carbonyl (C=O) groups is 2. The van der Waals surface area contributed by atoms with E-state index in [1.807, 2.05) is 0 Å². The van der Waals surface area contributed by atoms with E-state index in [0.29, 0.717) is 12.3 Å². The van der Waals surface area contributed by atoms with E-state index >= 15 is 0 Å². The first-order valence-corrected chi connectivity index (χ1v) is 6.57. The van der Waals surface area contributed by atoms with E-state index in [1.54, 1.807) is 0 Å². The second-order valence-electron chi connectivity index (χ2n) is 4.44. The van der Waals surface area contributed by atoms with Crippen LogP contribution in [0.25, 0.3) is 0 Å². The fraction of sp³-hybridized carbons (Fsp3) is 0.455. The molecular weight excluding hydrogens is 272 g/mol. The number of hydrogen-bond acceptors (Lipinski definition) is 5. The van der Waals surface area contributed by atoms with E-state index in [1.165, 1.54) is 12.1 Å². The molecule has 8 heteroatoms. The van der Waals surface area contributed by atoms with Gasteiger partial charge in [0.25, 0.3) is 5.91 Å². The molecule has 0 aliphatic heterocycles. The maximum absolute atomic E-state index is 11.8. The summed E-state index contributed by atoms with van der Waals surface area (Å²) in [5, 5.41) is 21.8. The van der Waals surface area contributed by atoms with Gasteiger partial charge >= 0.3 is 11.0 Å². The lowest BCUT2D eigenvalue weighted by Gasteiger charge is -2.12. The van der Waals surface area contributed by atoms with Gasteiger partial charge in [-0.15, -0.1) is 0 Å². The Labute approximate surface area is 112 Å². The van der Waals surface area contributed by atoms with Gasteiger partial charge in [-0.2, -0.15) is 0 Å². The van der Waals surface area contributed by atoms with Gasteiger partial charge < -0.3 is 10.4 Å². The average molecular weight is 284 g/mol. The highest BCUT2D eigenvalue weighted by Crippen LogP contribution is 2.33. The van der Waals surface area contributed by atoms with Crippen LogP contribution in [0.1, 0.15) is 28.9 Å². The lowest BCUT2D eigenvalue weighted by Crippen LogP contribution is -2.40. The van der Waals surface area contributed by atoms with Gasteiger partial charge in [0, 0.05) is 6.07 Å². The quantitative estimate of drug-likeness (QED) is 0.609. The molecular formula is C11H12N2O5S. The number of nitrogens with one attached hydrogen (secondary N) is 1. The van der Waals surface area contributed by atoms with Crippen LogP contribution in [-0.2, 0) is 4.79 Å². The molecule has 2 rings (SSSR count). The Morgan fingerprint density at radius 1 is 1.53 bits per heavy atom. The third-order valence-electron chi connectivity index (χ3n) is 2.86. The summed E-state index contributed by atoms with van der Waals surface area (Å²) in [4.78, 5) is 32.9. The maximum Gasteiger partial charge on any atom is 0.326 e. The fourth-order valence-electron chi connectivity index (χ4n) is 1.69. The zero-order valence-corrected chi connectivity index (χ0v) is 10.7. The van der Waals surface area contributed by atoms with Gasteiger partial charge in [0.15, 0.2) is 0 Å². The second-order valence-corrected chi connectivity index (χ2v) is 5.50. The van der Waals surface area contributed by atoms with E-state index in [2.05, 4.69) is 5.32 Å². The van der Waals surface area contributed by atoms with Crippen molar-refractivity contribution in [3.63, 3.8) is 0 Å². The topological polar surface area (TPSA) is 110 Å². The summed E-state index contributed by atoms with van der Waals surface area (Å²) < 4.78 is 0. The Hall–Kier alpha value is -1.96. The van der Waals surface area contributed by atoms with E-state index in [0.717, 1.165) is 24.2 Å². The fourth-order valence-corrected chi connectivity index (χ4v) is 2.41. The SMILES string of the molecule is O=C(NC(CC1CC1)C(=O)O)c1ccc([N+](=O)[O-])s1. The van der Waals surface area contributed by atoms with Crippen molar-refractivity contribution < 1.29 is 19.6 Å². The Kier molecular flexibility index (Phi) is 3.79. The van der Waals surface area contributed by atoms with Crippen molar-refractivity contribution in [2.75, 3.05) is 0 Å². The molecule has 1 fully saturated rings. The van der Waals surface area contributed by atoms with Gasteiger partial charge in [0.05, 0.1) is 9.80 Å². The molecule has 0 spiro atoms. The largest absolute Gasteiger partial charge is 0.480 e. The van der Waals surface area contributed by atoms with Crippen molar-refractivity contribution in [1.82, 2.24) is 5.32 Å². The molecule has 7 nitrogen and oxygen atoms in total. The average Bonchev–Trinajstić information content (AvgIpc) is 3.01. The molecule has 102 valence electrons. The van der Waals surface area contributed by atoms with Crippen LogP contribution in [0.3, 0.4) is 0 Å². The third kappa shape index (κ3) is 3.50. The molecule has 1 amide bonds. The predicted molar refractivity (Wildman–Crippen MR) is 67.2 cm³/mol. The van der Waals surface area contributed by atoms with Crippen molar-refractivity contribution in [3.8, 4) is 0 Å². The summed E-state index contributed by atoms with van der Waals surface area (Å²) >= 11 is 0.733. The van der Waals surface area contributed by atoms with Gasteiger partial charge in [-0.25, -0.2) is 4.79 Å². The van der Waals surface area contributed by atoms with Crippen LogP contribution in [0.5, 0.6) is 0 Å². The summed E-state index contributed by atoms with van der Waals surface area (Å²) in [6.07, 6.45) is 2.39. The highest BCUT2D eigenvalue weighted by atomic mass is 32.1. The Balaban J connectivity index is 2.00. The minimum atomic E-state index is -1.08. The van der Waals surface area contributed by atoms with Crippen molar-refractivity contribution in [2.45, 2.75) is 25.3 Å². The van der Waals surface area contributed by atoms with Gasteiger partial charge in [-0.1, -0.05) is 24.2 Å². The van der Waals surface area contributed by atoms with Crippen LogP contribution in [0, 0.1) is 16.0 Å². The number of hydrogen-bond donors (Lipinski definition) is 2. The molecule has 19 heavy (non-hydrogen) atoms. The van der Waals surface area contributed by atoms with Crippen LogP contribution in [0.2, 0.25) is 0 Å². The first-order chi connectivity index (χ1) is 8.97. The Morgan fingerprint density at radius 2 is 2.21 bits per heavy atom. The minimum absolute atomic E-state index is 0.140. The number of amides is 1. The molecule has 1 aliphatic carbocycles. The molecule has 0 radical (unpaired) electrons. The predicted octanol–water partition coefficient (Wildman–Crippen LogP) is 1.64. The molecule has 1 saturated carbocycles. The second kappa shape index (κ2) is 5.35. The number of nitro groups is 1. The molecule has 1 unspecified atom stereocenters. The highest BCUT2D eigenvalue weighted by Gasteiger charge is 2.30. The number of carbonyl (C=O) groups excluding carboxylic acids is 1. The zero-order chi connectivity index (χ0) is 14.0. The van der Waals surface area contributed by atoms with E-state index in [9.17, 15) is 19.7 Å². The first-order valence-electron chi connectivity index (χ1n) is 5.75. The van der Waals surface area contributed by atoms with Gasteiger partial charge in [0.2, 0.25) is 0 Å². The molecule has 0 saturated heterocycles. The number of aliphatic carboxylic acids is 1. The number of carboxylic acid groups (broad SMARTS) is 1. The molecule has 2 N–H and O–H groups in total. The summed E-state index contributed by atoms with van der Waals surface area (Å²) in [7, 11) is 0. The van der Waals surface area contributed by atoms with Crippen LogP contribution in [0.4, 0.5) is 5.00 Å². The smallest absolute Gasteiger partial charge is 0.326 e. The number of rotatable bonds is 6. The number of carboxylic acids is 1. The lowest BCUT2D eigenvalue weighted by molar-refractivity contribution is -0.380. The summed E-state index contributed by atoms with van der Waals surface area (Å²) in [6, 6.07) is 1.63. The summed E-state index contributed by atoms with van der Waals surface area (Å²) in [6.45, 7) is 0. The van der Waals surface area contributed by atoms with Crippen molar-refractivity contribution in [3.05, 3.63) is 27.1 Å².